The summed E-state index contributed by atoms with van der Waals surface area (Å²) < 4.78 is 5.96. The summed E-state index contributed by atoms with van der Waals surface area (Å²) in [6, 6.07) is 0. The molecule has 0 aromatic carbocycles. The van der Waals surface area contributed by atoms with E-state index in [1.54, 1.807) is 0 Å². The monoisotopic (exact) mass is 226 g/mol. The summed E-state index contributed by atoms with van der Waals surface area (Å²) >= 11 is 0. The number of hydrogen-bond acceptors (Lipinski definition) is 2. The highest BCUT2D eigenvalue weighted by molar-refractivity contribution is 4.96. The smallest absolute Gasteiger partial charge is 0.0942 e. The lowest BCUT2D eigenvalue weighted by molar-refractivity contribution is -0.139. The van der Waals surface area contributed by atoms with E-state index < -0.39 is 0 Å². The maximum absolute atomic E-state index is 10.6. The van der Waals surface area contributed by atoms with E-state index in [4.69, 9.17) is 4.74 Å². The summed E-state index contributed by atoms with van der Waals surface area (Å²) in [4.78, 5) is 0. The Kier molecular flexibility index (Phi) is 4.26. The predicted molar refractivity (Wildman–Crippen MR) is 65.4 cm³/mol. The largest absolute Gasteiger partial charge is 0.390 e. The average Bonchev–Trinajstić information content (AvgIpc) is 2.80. The first kappa shape index (κ1) is 12.4. The lowest BCUT2D eigenvalue weighted by Crippen LogP contribution is -2.47. The van der Waals surface area contributed by atoms with Crippen LogP contribution in [0.15, 0.2) is 0 Å². The Bertz CT molecular complexity index is 203. The highest BCUT2D eigenvalue weighted by Crippen LogP contribution is 2.42. The molecule has 1 atom stereocenters. The van der Waals surface area contributed by atoms with Crippen molar-refractivity contribution in [2.45, 2.75) is 76.4 Å². The Labute approximate surface area is 99.4 Å². The third-order valence-corrected chi connectivity index (χ3v) is 4.52. The van der Waals surface area contributed by atoms with E-state index in [2.05, 4.69) is 0 Å². The molecule has 2 heteroatoms. The van der Waals surface area contributed by atoms with Gasteiger partial charge in [0, 0.05) is 6.61 Å². The quantitative estimate of drug-likeness (QED) is 0.797. The van der Waals surface area contributed by atoms with Crippen LogP contribution in [0.25, 0.3) is 0 Å². The Morgan fingerprint density at radius 3 is 2.31 bits per heavy atom. The molecule has 94 valence electrons. The molecule has 0 aromatic rings. The number of hydrogen-bond donors (Lipinski definition) is 1. The van der Waals surface area contributed by atoms with Gasteiger partial charge in [-0.3, -0.25) is 0 Å². The summed E-state index contributed by atoms with van der Waals surface area (Å²) in [5, 5.41) is 10.6. The molecule has 1 N–H and O–H groups in total. The number of ether oxygens (including phenoxy) is 1. The summed E-state index contributed by atoms with van der Waals surface area (Å²) in [5.41, 5.74) is -0.184. The molecule has 0 aliphatic heterocycles. The molecule has 16 heavy (non-hydrogen) atoms. The Balaban J connectivity index is 2.00. The van der Waals surface area contributed by atoms with Crippen LogP contribution in [0.4, 0.5) is 0 Å². The molecule has 1 unspecified atom stereocenters. The van der Waals surface area contributed by atoms with E-state index in [1.807, 2.05) is 6.92 Å². The first-order chi connectivity index (χ1) is 7.78. The van der Waals surface area contributed by atoms with E-state index >= 15 is 0 Å². The van der Waals surface area contributed by atoms with Crippen LogP contribution < -0.4 is 0 Å². The van der Waals surface area contributed by atoms with Gasteiger partial charge in [0.15, 0.2) is 0 Å². The standard InChI is InChI=1S/C14H26O2/c1-2-16-14(10-6-7-11-14)13(15)12-8-4-3-5-9-12/h12-13,15H,2-11H2,1H3. The van der Waals surface area contributed by atoms with Crippen LogP contribution in [-0.4, -0.2) is 23.4 Å². The van der Waals surface area contributed by atoms with Crippen molar-refractivity contribution in [3.05, 3.63) is 0 Å². The van der Waals surface area contributed by atoms with Gasteiger partial charge in [0.2, 0.25) is 0 Å². The zero-order valence-corrected chi connectivity index (χ0v) is 10.6. The normalized spacial score (nSPS) is 28.1. The van der Waals surface area contributed by atoms with Gasteiger partial charge in [-0.05, 0) is 38.5 Å². The third kappa shape index (κ3) is 2.43. The highest BCUT2D eigenvalue weighted by Gasteiger charge is 2.44. The lowest BCUT2D eigenvalue weighted by Gasteiger charge is -2.40. The molecular weight excluding hydrogens is 200 g/mol. The maximum atomic E-state index is 10.6. The lowest BCUT2D eigenvalue weighted by atomic mass is 9.77. The fraction of sp³-hybridized carbons (Fsp3) is 1.00. The van der Waals surface area contributed by atoms with Crippen LogP contribution in [0, 0.1) is 5.92 Å². The van der Waals surface area contributed by atoms with Gasteiger partial charge in [-0.15, -0.1) is 0 Å². The van der Waals surface area contributed by atoms with E-state index in [9.17, 15) is 5.11 Å². The minimum absolute atomic E-state index is 0.184. The Hall–Kier alpha value is -0.0800. The van der Waals surface area contributed by atoms with Crippen molar-refractivity contribution in [1.29, 1.82) is 0 Å². The SMILES string of the molecule is CCOC1(C(O)C2CCCCC2)CCCC1. The minimum atomic E-state index is -0.213. The average molecular weight is 226 g/mol. The topological polar surface area (TPSA) is 29.5 Å². The zero-order chi connectivity index (χ0) is 11.4. The molecule has 0 saturated heterocycles. The number of aliphatic hydroxyl groups is 1. The van der Waals surface area contributed by atoms with Crippen LogP contribution >= 0.6 is 0 Å². The van der Waals surface area contributed by atoms with Crippen LogP contribution in [0.2, 0.25) is 0 Å². The van der Waals surface area contributed by atoms with Crippen molar-refractivity contribution >= 4 is 0 Å². The van der Waals surface area contributed by atoms with Crippen molar-refractivity contribution in [2.75, 3.05) is 6.61 Å². The van der Waals surface area contributed by atoms with Gasteiger partial charge < -0.3 is 9.84 Å². The molecular formula is C14H26O2. The first-order valence-electron chi connectivity index (χ1n) is 7.10. The Morgan fingerprint density at radius 2 is 1.75 bits per heavy atom. The molecule has 2 nitrogen and oxygen atoms in total. The van der Waals surface area contributed by atoms with Crippen molar-refractivity contribution in [1.82, 2.24) is 0 Å². The summed E-state index contributed by atoms with van der Waals surface area (Å²) in [6.45, 7) is 2.79. The molecule has 2 saturated carbocycles. The maximum Gasteiger partial charge on any atom is 0.0942 e. The molecule has 2 rings (SSSR count). The van der Waals surface area contributed by atoms with Gasteiger partial charge in [0.25, 0.3) is 0 Å². The Morgan fingerprint density at radius 1 is 1.12 bits per heavy atom. The van der Waals surface area contributed by atoms with Gasteiger partial charge in [-0.25, -0.2) is 0 Å². The van der Waals surface area contributed by atoms with Crippen molar-refractivity contribution in [3.8, 4) is 0 Å². The fourth-order valence-electron chi connectivity index (χ4n) is 3.67. The number of aliphatic hydroxyl groups excluding tert-OH is 1. The van der Waals surface area contributed by atoms with E-state index in [-0.39, 0.29) is 11.7 Å². The number of rotatable bonds is 4. The van der Waals surface area contributed by atoms with Gasteiger partial charge in [0.1, 0.15) is 0 Å². The highest BCUT2D eigenvalue weighted by atomic mass is 16.5. The summed E-state index contributed by atoms with van der Waals surface area (Å²) in [6.07, 6.45) is 10.7. The molecule has 0 amide bonds. The van der Waals surface area contributed by atoms with Crippen molar-refractivity contribution in [3.63, 3.8) is 0 Å². The fourth-order valence-corrected chi connectivity index (χ4v) is 3.67. The van der Waals surface area contributed by atoms with Crippen molar-refractivity contribution in [2.24, 2.45) is 5.92 Å². The van der Waals surface area contributed by atoms with Gasteiger partial charge in [-0.2, -0.15) is 0 Å². The molecule has 2 aliphatic rings. The van der Waals surface area contributed by atoms with Crippen molar-refractivity contribution < 1.29 is 9.84 Å². The van der Waals surface area contributed by atoms with Crippen LogP contribution in [-0.2, 0) is 4.74 Å². The molecule has 2 aliphatic carbocycles. The molecule has 0 heterocycles. The second-order valence-electron chi connectivity index (χ2n) is 5.55. The first-order valence-corrected chi connectivity index (χ1v) is 7.10. The predicted octanol–water partition coefficient (Wildman–Crippen LogP) is 3.28. The van der Waals surface area contributed by atoms with Crippen LogP contribution in [0.3, 0.4) is 0 Å². The summed E-state index contributed by atoms with van der Waals surface area (Å²) in [7, 11) is 0. The summed E-state index contributed by atoms with van der Waals surface area (Å²) in [5.74, 6) is 0.499. The van der Waals surface area contributed by atoms with Gasteiger partial charge in [0.05, 0.1) is 11.7 Å². The second-order valence-corrected chi connectivity index (χ2v) is 5.55. The molecule has 0 bridgehead atoms. The second kappa shape index (κ2) is 5.50. The third-order valence-electron chi connectivity index (χ3n) is 4.52. The molecule has 2 fully saturated rings. The molecule has 0 aromatic heterocycles. The minimum Gasteiger partial charge on any atom is -0.390 e. The molecule has 0 radical (unpaired) electrons. The van der Waals surface area contributed by atoms with E-state index in [0.717, 1.165) is 19.4 Å². The zero-order valence-electron chi connectivity index (χ0n) is 10.6. The van der Waals surface area contributed by atoms with Gasteiger partial charge >= 0.3 is 0 Å². The molecule has 0 spiro atoms. The van der Waals surface area contributed by atoms with Crippen LogP contribution in [0.5, 0.6) is 0 Å². The van der Waals surface area contributed by atoms with E-state index in [0.29, 0.717) is 5.92 Å². The van der Waals surface area contributed by atoms with Crippen LogP contribution in [0.1, 0.15) is 64.7 Å². The van der Waals surface area contributed by atoms with Gasteiger partial charge in [-0.1, -0.05) is 32.1 Å². The van der Waals surface area contributed by atoms with E-state index in [1.165, 1.54) is 44.9 Å².